The minimum Gasteiger partial charge on any atom is -0.463 e. The Morgan fingerprint density at radius 3 is 0.864 bits per heavy atom. The van der Waals surface area contributed by atoms with Crippen LogP contribution in [-0.4, -0.2) is 309 Å². The maximum atomic E-state index is 12.1. The number of carbonyl (C=O) groups excluding carboxylic acids is 2. The topological polar surface area (TPSA) is 295 Å². The lowest BCUT2D eigenvalue weighted by molar-refractivity contribution is -0.163. The molecule has 0 spiro atoms. The van der Waals surface area contributed by atoms with Crippen LogP contribution in [0.15, 0.2) is 0 Å². The molecule has 0 radical (unpaired) electrons. The minimum absolute atomic E-state index is 0.0555. The maximum Gasteiger partial charge on any atom is 0.309 e. The van der Waals surface area contributed by atoms with Gasteiger partial charge in [0.15, 0.2) is 0 Å². The Morgan fingerprint density at radius 1 is 0.341 bits per heavy atom. The molecule has 88 heavy (non-hydrogen) atoms. The molecule has 0 aromatic heterocycles. The lowest BCUT2D eigenvalue weighted by atomic mass is 9.79. The Bertz CT molecular complexity index is 1670. The van der Waals surface area contributed by atoms with E-state index in [1.807, 2.05) is 6.92 Å². The number of unbranched alkanes of at least 4 members (excludes halogenated alkanes) is 2. The molecule has 12 heterocycles. The van der Waals surface area contributed by atoms with Gasteiger partial charge in [-0.25, -0.2) is 0 Å². The fourth-order valence-electron chi connectivity index (χ4n) is 8.11. The molecule has 13 aliphatic rings. The summed E-state index contributed by atoms with van der Waals surface area (Å²) >= 11 is 0. The standard InChI is InChI=1S/C14H20O6.C11H20O4.2C10H18O4.C9H16O4.C8H14O4/c15-13(19-7-9-5-17-9)11-3-1-2-4-12(11)14(16)20-8-10-6-18-10;1-11(2,7-12-3-9-5-14-9)8-13-4-10-6-15-10;2*1(3-11-5-9-7-13-9)2-4-12-6-10-8-14-10;1-7(11-4-9-6-13-9)2-10-3-8-5-12-8;1(9-3-7-5-11-7)2-10-4-8-6-12-8/h9-12H,1-8H2;9-10H,3-8H2,1-2H3;2*9-10H,1-8H2;7-9H,2-6H2,1H3;7-8H,1-6H2. The second-order valence-corrected chi connectivity index (χ2v) is 25.0. The molecular formula is C62H106O26. The lowest BCUT2D eigenvalue weighted by Gasteiger charge is -2.28. The van der Waals surface area contributed by atoms with Crippen LogP contribution in [0.4, 0.5) is 0 Å². The summed E-state index contributed by atoms with van der Waals surface area (Å²) in [6.45, 7) is 30.9. The Labute approximate surface area is 520 Å². The highest BCUT2D eigenvalue weighted by molar-refractivity contribution is 5.82. The van der Waals surface area contributed by atoms with Crippen LogP contribution in [0.25, 0.3) is 0 Å². The van der Waals surface area contributed by atoms with Crippen molar-refractivity contribution in [1.29, 1.82) is 0 Å². The zero-order chi connectivity index (χ0) is 61.3. The minimum atomic E-state index is -0.366. The van der Waals surface area contributed by atoms with Crippen LogP contribution in [-0.2, 0) is 123 Å². The summed E-state index contributed by atoms with van der Waals surface area (Å²) in [5, 5.41) is 0. The largest absolute Gasteiger partial charge is 0.463 e. The van der Waals surface area contributed by atoms with Gasteiger partial charge in [0.2, 0.25) is 0 Å². The molecule has 510 valence electrons. The van der Waals surface area contributed by atoms with Crippen molar-refractivity contribution in [1.82, 2.24) is 0 Å². The van der Waals surface area contributed by atoms with Crippen LogP contribution >= 0.6 is 0 Å². The lowest BCUT2D eigenvalue weighted by Crippen LogP contribution is -2.35. The first-order valence-electron chi connectivity index (χ1n) is 32.6. The molecular weight excluding hydrogens is 1160 g/mol. The van der Waals surface area contributed by atoms with Crippen LogP contribution in [0, 0.1) is 17.3 Å². The van der Waals surface area contributed by atoms with Crippen LogP contribution < -0.4 is 0 Å². The molecule has 12 saturated heterocycles. The van der Waals surface area contributed by atoms with Gasteiger partial charge in [-0.05, 0) is 45.4 Å². The van der Waals surface area contributed by atoms with Gasteiger partial charge in [0.25, 0.3) is 0 Å². The SMILES string of the molecule is C(CCOCC1CO1)COCC1CO1.C(CCOCC1CO1)COCC1CO1.C(COCC1CO1)OCC1CO1.CC(C)(COCC1CO1)COCC1CO1.CC(COCC1CO1)OCC1CO1.O=C(OCC1CO1)C1CCCCC1C(=O)OCC1CO1. The number of epoxide rings is 12. The van der Waals surface area contributed by atoms with E-state index >= 15 is 0 Å². The molecule has 15 unspecified atom stereocenters. The van der Waals surface area contributed by atoms with Crippen LogP contribution in [0.5, 0.6) is 0 Å². The molecule has 0 N–H and O–H groups in total. The molecule has 0 bridgehead atoms. The van der Waals surface area contributed by atoms with Gasteiger partial charge in [0.1, 0.15) is 86.5 Å². The second-order valence-electron chi connectivity index (χ2n) is 25.0. The molecule has 1 saturated carbocycles. The second kappa shape index (κ2) is 41.7. The average molecular weight is 1270 g/mol. The van der Waals surface area contributed by atoms with Crippen LogP contribution in [0.3, 0.4) is 0 Å². The summed E-state index contributed by atoms with van der Waals surface area (Å²) in [5.74, 6) is -1.31. The number of hydrogen-bond acceptors (Lipinski definition) is 26. The molecule has 0 aromatic carbocycles. The summed E-state index contributed by atoms with van der Waals surface area (Å²) < 4.78 is 125. The summed E-state index contributed by atoms with van der Waals surface area (Å²) in [7, 11) is 0. The van der Waals surface area contributed by atoms with Gasteiger partial charge in [-0.15, -0.1) is 0 Å². The van der Waals surface area contributed by atoms with Crippen molar-refractivity contribution < 1.29 is 123 Å². The van der Waals surface area contributed by atoms with Crippen LogP contribution in [0.2, 0.25) is 0 Å². The van der Waals surface area contributed by atoms with Gasteiger partial charge in [-0.1, -0.05) is 26.7 Å². The molecule has 26 heteroatoms. The summed E-state index contributed by atoms with van der Waals surface area (Å²) in [6.07, 6.45) is 11.5. The van der Waals surface area contributed by atoms with E-state index in [1.165, 1.54) is 0 Å². The number of hydrogen-bond donors (Lipinski definition) is 0. The van der Waals surface area contributed by atoms with Crippen molar-refractivity contribution in [2.45, 2.75) is 151 Å². The van der Waals surface area contributed by atoms with Gasteiger partial charge >= 0.3 is 11.9 Å². The molecule has 15 atom stereocenters. The number of ether oxygens (including phenoxy) is 24. The van der Waals surface area contributed by atoms with Crippen molar-refractivity contribution >= 4 is 11.9 Å². The predicted octanol–water partition coefficient (Wildman–Crippen LogP) is 2.74. The monoisotopic (exact) mass is 1270 g/mol. The normalized spacial score (nSPS) is 31.5. The molecule has 12 aliphatic heterocycles. The third-order valence-electron chi connectivity index (χ3n) is 14.7. The summed E-state index contributed by atoms with van der Waals surface area (Å²) in [5.41, 5.74) is 0.0732. The first kappa shape index (κ1) is 71.9. The Morgan fingerprint density at radius 2 is 0.580 bits per heavy atom. The van der Waals surface area contributed by atoms with E-state index in [0.717, 1.165) is 184 Å². The fraction of sp³-hybridized carbons (Fsp3) is 0.968. The van der Waals surface area contributed by atoms with Gasteiger partial charge in [0, 0.05) is 31.8 Å². The maximum absolute atomic E-state index is 12.1. The van der Waals surface area contributed by atoms with E-state index in [0.29, 0.717) is 147 Å². The molecule has 13 rings (SSSR count). The first-order chi connectivity index (χ1) is 43.1. The Balaban J connectivity index is 0.000000138. The predicted molar refractivity (Wildman–Crippen MR) is 309 cm³/mol. The highest BCUT2D eigenvalue weighted by Crippen LogP contribution is 2.33. The quantitative estimate of drug-likeness (QED) is 0.0481. The highest BCUT2D eigenvalue weighted by Gasteiger charge is 2.40. The Kier molecular flexibility index (Phi) is 34.1. The average Bonchev–Trinajstić information content (AvgIpc) is 4.41. The smallest absolute Gasteiger partial charge is 0.309 e. The van der Waals surface area contributed by atoms with Crippen molar-refractivity contribution in [3.05, 3.63) is 0 Å². The number of rotatable bonds is 46. The van der Waals surface area contributed by atoms with Crippen molar-refractivity contribution in [2.75, 3.05) is 218 Å². The fourth-order valence-corrected chi connectivity index (χ4v) is 8.11. The zero-order valence-corrected chi connectivity index (χ0v) is 52.8. The van der Waals surface area contributed by atoms with Gasteiger partial charge in [-0.3, -0.25) is 9.59 Å². The van der Waals surface area contributed by atoms with E-state index in [9.17, 15) is 9.59 Å². The van der Waals surface area contributed by atoms with Gasteiger partial charge < -0.3 is 114 Å². The van der Waals surface area contributed by atoms with E-state index in [4.69, 9.17) is 114 Å². The van der Waals surface area contributed by atoms with E-state index in [2.05, 4.69) is 13.8 Å². The molecule has 1 aliphatic carbocycles. The zero-order valence-electron chi connectivity index (χ0n) is 52.8. The van der Waals surface area contributed by atoms with E-state index < -0.39 is 0 Å². The number of carbonyl (C=O) groups is 2. The summed E-state index contributed by atoms with van der Waals surface area (Å²) in [4.78, 5) is 24.2. The van der Waals surface area contributed by atoms with Crippen molar-refractivity contribution in [3.8, 4) is 0 Å². The first-order valence-corrected chi connectivity index (χ1v) is 32.6. The van der Waals surface area contributed by atoms with Crippen molar-refractivity contribution in [2.24, 2.45) is 17.3 Å². The van der Waals surface area contributed by atoms with E-state index in [-0.39, 0.29) is 47.5 Å². The summed E-state index contributed by atoms with van der Waals surface area (Å²) in [6, 6.07) is 0. The molecule has 0 amide bonds. The molecule has 26 nitrogen and oxygen atoms in total. The van der Waals surface area contributed by atoms with E-state index in [1.54, 1.807) is 0 Å². The highest BCUT2D eigenvalue weighted by atomic mass is 16.7. The van der Waals surface area contributed by atoms with Gasteiger partial charge in [0.05, 0.1) is 196 Å². The number of esters is 2. The van der Waals surface area contributed by atoms with Gasteiger partial charge in [-0.2, -0.15) is 0 Å². The molecule has 13 fully saturated rings. The molecule has 0 aromatic rings. The Hall–Kier alpha value is -1.94. The van der Waals surface area contributed by atoms with Crippen molar-refractivity contribution in [3.63, 3.8) is 0 Å². The van der Waals surface area contributed by atoms with Crippen LogP contribution in [0.1, 0.15) is 72.1 Å². The third kappa shape index (κ3) is 40.9. The third-order valence-corrected chi connectivity index (χ3v) is 14.7.